The zero-order chi connectivity index (χ0) is 13.7. The lowest BCUT2D eigenvalue weighted by Crippen LogP contribution is -2.45. The number of amides is 3. The monoisotopic (exact) mass is 257 g/mol. The van der Waals surface area contributed by atoms with Crippen LogP contribution in [-0.4, -0.2) is 35.1 Å². The molecule has 7 nitrogen and oxygen atoms in total. The van der Waals surface area contributed by atoms with Gasteiger partial charge in [-0.1, -0.05) is 0 Å². The number of carboxylic acids is 1. The quantitative estimate of drug-likeness (QED) is 0.545. The van der Waals surface area contributed by atoms with Gasteiger partial charge in [0.15, 0.2) is 0 Å². The molecule has 0 aromatic carbocycles. The summed E-state index contributed by atoms with van der Waals surface area (Å²) in [7, 11) is 0. The second-order valence-corrected chi connectivity index (χ2v) is 4.73. The molecule has 0 saturated heterocycles. The summed E-state index contributed by atoms with van der Waals surface area (Å²) < 4.78 is 0. The van der Waals surface area contributed by atoms with E-state index in [4.69, 9.17) is 10.8 Å². The van der Waals surface area contributed by atoms with Crippen molar-refractivity contribution in [3.8, 4) is 0 Å². The van der Waals surface area contributed by atoms with Gasteiger partial charge in [0.05, 0.1) is 5.92 Å². The molecule has 0 spiro atoms. The van der Waals surface area contributed by atoms with E-state index in [0.717, 1.165) is 0 Å². The molecule has 0 aliphatic heterocycles. The Morgan fingerprint density at radius 2 is 2.06 bits per heavy atom. The smallest absolute Gasteiger partial charge is 0.315 e. The molecule has 5 N–H and O–H groups in total. The van der Waals surface area contributed by atoms with Gasteiger partial charge in [-0.15, -0.1) is 0 Å². The summed E-state index contributed by atoms with van der Waals surface area (Å²) >= 11 is 0. The maximum Gasteiger partial charge on any atom is 0.315 e. The van der Waals surface area contributed by atoms with Crippen molar-refractivity contribution in [1.82, 2.24) is 10.6 Å². The van der Waals surface area contributed by atoms with Gasteiger partial charge in [-0.25, -0.2) is 4.79 Å². The van der Waals surface area contributed by atoms with Gasteiger partial charge in [-0.05, 0) is 26.2 Å². The minimum Gasteiger partial charge on any atom is -0.481 e. The molecule has 18 heavy (non-hydrogen) atoms. The number of urea groups is 1. The zero-order valence-electron chi connectivity index (χ0n) is 10.3. The van der Waals surface area contributed by atoms with Gasteiger partial charge in [-0.3, -0.25) is 9.59 Å². The van der Waals surface area contributed by atoms with Gasteiger partial charge < -0.3 is 21.5 Å². The van der Waals surface area contributed by atoms with E-state index in [1.807, 2.05) is 0 Å². The number of rotatable bonds is 5. The van der Waals surface area contributed by atoms with E-state index in [1.165, 1.54) is 0 Å². The molecule has 0 bridgehead atoms. The summed E-state index contributed by atoms with van der Waals surface area (Å²) in [6.07, 6.45) is 1.77. The first kappa shape index (κ1) is 14.3. The first-order valence-corrected chi connectivity index (χ1v) is 5.96. The molecule has 1 unspecified atom stereocenters. The fourth-order valence-corrected chi connectivity index (χ4v) is 2.14. The van der Waals surface area contributed by atoms with Crippen molar-refractivity contribution in [2.45, 2.75) is 44.7 Å². The highest BCUT2D eigenvalue weighted by Gasteiger charge is 2.30. The van der Waals surface area contributed by atoms with Crippen LogP contribution in [0, 0.1) is 5.92 Å². The minimum absolute atomic E-state index is 0.0792. The summed E-state index contributed by atoms with van der Waals surface area (Å²) in [5.41, 5.74) is 5.01. The lowest BCUT2D eigenvalue weighted by molar-refractivity contribution is -0.141. The Bertz CT molecular complexity index is 345. The number of primary amides is 1. The fourth-order valence-electron chi connectivity index (χ4n) is 2.14. The molecule has 0 radical (unpaired) electrons. The maximum absolute atomic E-state index is 11.5. The van der Waals surface area contributed by atoms with E-state index in [-0.39, 0.29) is 30.5 Å². The second-order valence-electron chi connectivity index (χ2n) is 4.73. The van der Waals surface area contributed by atoms with E-state index in [1.54, 1.807) is 6.92 Å². The van der Waals surface area contributed by atoms with Crippen LogP contribution in [0.15, 0.2) is 0 Å². The maximum atomic E-state index is 11.5. The minimum atomic E-state index is -0.818. The van der Waals surface area contributed by atoms with E-state index in [9.17, 15) is 14.4 Å². The highest BCUT2D eigenvalue weighted by Crippen LogP contribution is 2.25. The lowest BCUT2D eigenvalue weighted by atomic mass is 10.1. The van der Waals surface area contributed by atoms with Crippen LogP contribution < -0.4 is 16.4 Å². The molecule has 3 amide bonds. The van der Waals surface area contributed by atoms with Gasteiger partial charge in [0.25, 0.3) is 0 Å². The number of carbonyl (C=O) groups excluding carboxylic acids is 2. The molecule has 1 aliphatic rings. The third-order valence-corrected chi connectivity index (χ3v) is 3.00. The van der Waals surface area contributed by atoms with E-state index in [2.05, 4.69) is 10.6 Å². The van der Waals surface area contributed by atoms with Crippen molar-refractivity contribution in [2.24, 2.45) is 11.7 Å². The third-order valence-electron chi connectivity index (χ3n) is 3.00. The highest BCUT2D eigenvalue weighted by molar-refractivity contribution is 5.78. The fraction of sp³-hybridized carbons (Fsp3) is 0.727. The Kier molecular flexibility index (Phi) is 4.94. The Balaban J connectivity index is 2.29. The predicted molar refractivity (Wildman–Crippen MR) is 63.7 cm³/mol. The molecule has 7 heteroatoms. The van der Waals surface area contributed by atoms with E-state index >= 15 is 0 Å². The number of aliphatic carboxylic acids is 1. The molecule has 0 heterocycles. The topological polar surface area (TPSA) is 122 Å². The number of nitrogens with one attached hydrogen (secondary N) is 2. The van der Waals surface area contributed by atoms with Crippen molar-refractivity contribution in [3.63, 3.8) is 0 Å². The Morgan fingerprint density at radius 1 is 1.39 bits per heavy atom. The molecule has 1 fully saturated rings. The van der Waals surface area contributed by atoms with E-state index in [0.29, 0.717) is 19.3 Å². The van der Waals surface area contributed by atoms with Crippen molar-refractivity contribution in [1.29, 1.82) is 0 Å². The van der Waals surface area contributed by atoms with Crippen molar-refractivity contribution in [2.75, 3.05) is 0 Å². The first-order valence-electron chi connectivity index (χ1n) is 5.96. The summed E-state index contributed by atoms with van der Waals surface area (Å²) in [6, 6.07) is -0.842. The SMILES string of the molecule is CC(CC(N)=O)NC(=O)N[C@H]1CC[C@@H](C(=O)O)C1. The third kappa shape index (κ3) is 4.60. The Morgan fingerprint density at radius 3 is 2.56 bits per heavy atom. The molecule has 102 valence electrons. The van der Waals surface area contributed by atoms with Gasteiger partial charge in [0.2, 0.25) is 5.91 Å². The first-order chi connectivity index (χ1) is 8.38. The van der Waals surface area contributed by atoms with Crippen LogP contribution in [-0.2, 0) is 9.59 Å². The summed E-state index contributed by atoms with van der Waals surface area (Å²) in [5, 5.41) is 14.1. The van der Waals surface area contributed by atoms with Gasteiger partial charge in [-0.2, -0.15) is 0 Å². The number of carboxylic acid groups (broad SMARTS) is 1. The van der Waals surface area contributed by atoms with Gasteiger partial charge >= 0.3 is 12.0 Å². The van der Waals surface area contributed by atoms with Crippen LogP contribution >= 0.6 is 0 Å². The summed E-state index contributed by atoms with van der Waals surface area (Å²) in [5.74, 6) is -1.67. The molecular formula is C11H19N3O4. The molecule has 0 aromatic rings. The van der Waals surface area contributed by atoms with Crippen LogP contribution in [0.5, 0.6) is 0 Å². The van der Waals surface area contributed by atoms with Crippen LogP contribution in [0.2, 0.25) is 0 Å². The average Bonchev–Trinajstić information content (AvgIpc) is 2.63. The second kappa shape index (κ2) is 6.23. The highest BCUT2D eigenvalue weighted by atomic mass is 16.4. The molecular weight excluding hydrogens is 238 g/mol. The van der Waals surface area contributed by atoms with Crippen LogP contribution in [0.4, 0.5) is 4.79 Å². The standard InChI is InChI=1S/C11H19N3O4/c1-6(4-9(12)15)13-11(18)14-8-3-2-7(5-8)10(16)17/h6-8H,2-5H2,1H3,(H2,12,15)(H,16,17)(H2,13,14,18)/t6?,7-,8+/m1/s1. The largest absolute Gasteiger partial charge is 0.481 e. The Labute approximate surface area is 105 Å². The molecule has 1 rings (SSSR count). The average molecular weight is 257 g/mol. The van der Waals surface area contributed by atoms with E-state index < -0.39 is 11.9 Å². The van der Waals surface area contributed by atoms with Crippen molar-refractivity contribution in [3.05, 3.63) is 0 Å². The molecule has 1 aliphatic carbocycles. The van der Waals surface area contributed by atoms with Crippen LogP contribution in [0.3, 0.4) is 0 Å². The number of hydrogen-bond acceptors (Lipinski definition) is 3. The lowest BCUT2D eigenvalue weighted by Gasteiger charge is -2.16. The predicted octanol–water partition coefficient (Wildman–Crippen LogP) is -0.197. The molecule has 1 saturated carbocycles. The molecule has 3 atom stereocenters. The van der Waals surface area contributed by atoms with Crippen molar-refractivity contribution >= 4 is 17.9 Å². The summed E-state index contributed by atoms with van der Waals surface area (Å²) in [6.45, 7) is 1.68. The number of nitrogens with two attached hydrogens (primary N) is 1. The van der Waals surface area contributed by atoms with Gasteiger partial charge in [0.1, 0.15) is 0 Å². The Hall–Kier alpha value is -1.79. The van der Waals surface area contributed by atoms with Crippen LogP contribution in [0.25, 0.3) is 0 Å². The van der Waals surface area contributed by atoms with Crippen molar-refractivity contribution < 1.29 is 19.5 Å². The number of carbonyl (C=O) groups is 3. The zero-order valence-corrected chi connectivity index (χ0v) is 10.3. The van der Waals surface area contributed by atoms with Gasteiger partial charge in [0, 0.05) is 18.5 Å². The number of hydrogen-bond donors (Lipinski definition) is 4. The summed E-state index contributed by atoms with van der Waals surface area (Å²) in [4.78, 5) is 32.9. The van der Waals surface area contributed by atoms with Crippen LogP contribution in [0.1, 0.15) is 32.6 Å². The molecule has 0 aromatic heterocycles. The normalized spacial score (nSPS) is 24.3.